The molecule has 0 saturated carbocycles. The molecule has 0 aliphatic heterocycles. The quantitative estimate of drug-likeness (QED) is 0.341. The zero-order chi connectivity index (χ0) is 22.9. The molecule has 1 aromatic carbocycles. The van der Waals surface area contributed by atoms with Gasteiger partial charge >= 0.3 is 12.0 Å². The topological polar surface area (TPSA) is 137 Å². The number of methoxy groups -OCH3 is 1. The maximum atomic E-state index is 10.9. The number of imidazole rings is 1. The summed E-state index contributed by atoms with van der Waals surface area (Å²) in [7, 11) is 1.56. The van der Waals surface area contributed by atoms with Crippen molar-refractivity contribution in [2.45, 2.75) is 45.7 Å². The number of unbranched alkanes of at least 4 members (excludes halogenated alkanes) is 1. The van der Waals surface area contributed by atoms with E-state index in [0.29, 0.717) is 36.9 Å². The van der Waals surface area contributed by atoms with Crippen molar-refractivity contribution in [1.29, 1.82) is 0 Å². The van der Waals surface area contributed by atoms with Gasteiger partial charge in [0.15, 0.2) is 17.0 Å². The summed E-state index contributed by atoms with van der Waals surface area (Å²) in [5.74, 6) is -0.571. The zero-order valence-electron chi connectivity index (χ0n) is 18.5. The number of nitrogens with zero attached hydrogens (tertiary/aromatic N) is 4. The monoisotopic (exact) mass is 442 g/mol. The molecule has 32 heavy (non-hydrogen) atoms. The first-order valence-electron chi connectivity index (χ1n) is 10.7. The summed E-state index contributed by atoms with van der Waals surface area (Å²) in [5, 5.41) is 12.3. The van der Waals surface area contributed by atoms with Crippen LogP contribution in [0.3, 0.4) is 0 Å². The van der Waals surface area contributed by atoms with Crippen LogP contribution in [0.25, 0.3) is 11.2 Å². The lowest BCUT2D eigenvalue weighted by atomic mass is 10.1. The molecule has 2 heterocycles. The average Bonchev–Trinajstić information content (AvgIpc) is 3.12. The molecule has 0 amide bonds. The number of aromatic nitrogens is 4. The Morgan fingerprint density at radius 2 is 2.03 bits per heavy atom. The molecule has 0 radical (unpaired) electrons. The minimum atomic E-state index is -0.833. The number of aryl methyl sites for hydroxylation is 1. The van der Waals surface area contributed by atoms with Crippen molar-refractivity contribution in [1.82, 2.24) is 24.8 Å². The second-order valence-electron chi connectivity index (χ2n) is 7.44. The molecule has 0 atom stereocenters. The largest absolute Gasteiger partial charge is 0.481 e. The lowest BCUT2D eigenvalue weighted by Crippen LogP contribution is -2.17. The lowest BCUT2D eigenvalue weighted by molar-refractivity contribution is -0.136. The van der Waals surface area contributed by atoms with Crippen molar-refractivity contribution in [3.63, 3.8) is 0 Å². The van der Waals surface area contributed by atoms with E-state index in [1.165, 1.54) is 0 Å². The van der Waals surface area contributed by atoms with Crippen LogP contribution in [0, 0.1) is 0 Å². The maximum absolute atomic E-state index is 10.9. The summed E-state index contributed by atoms with van der Waals surface area (Å²) < 4.78 is 12.9. The number of carboxylic acid groups (broad SMARTS) is 1. The summed E-state index contributed by atoms with van der Waals surface area (Å²) in [6, 6.07) is 8.25. The summed E-state index contributed by atoms with van der Waals surface area (Å²) in [4.78, 5) is 24.0. The molecule has 0 bridgehead atoms. The van der Waals surface area contributed by atoms with Gasteiger partial charge in [-0.2, -0.15) is 15.0 Å². The van der Waals surface area contributed by atoms with Gasteiger partial charge in [0.1, 0.15) is 0 Å². The Bertz CT molecular complexity index is 1050. The van der Waals surface area contributed by atoms with Crippen molar-refractivity contribution in [3.05, 3.63) is 35.4 Å². The molecule has 0 aliphatic carbocycles. The fraction of sp³-hybridized carbons (Fsp3) is 0.455. The number of aliphatic carboxylic acids is 1. The number of carboxylic acids is 1. The molecule has 0 saturated heterocycles. The van der Waals surface area contributed by atoms with Gasteiger partial charge in [-0.05, 0) is 30.5 Å². The van der Waals surface area contributed by atoms with E-state index in [4.69, 9.17) is 20.3 Å². The maximum Gasteiger partial charge on any atom is 0.320 e. The van der Waals surface area contributed by atoms with E-state index >= 15 is 0 Å². The van der Waals surface area contributed by atoms with Gasteiger partial charge in [0.05, 0.1) is 20.1 Å². The van der Waals surface area contributed by atoms with Gasteiger partial charge in [-0.1, -0.05) is 37.6 Å². The zero-order valence-corrected chi connectivity index (χ0v) is 18.5. The number of nitrogens with one attached hydrogen (secondary N) is 1. The Kier molecular flexibility index (Phi) is 8.20. The third-order valence-electron chi connectivity index (χ3n) is 4.89. The molecule has 0 unspecified atom stereocenters. The number of rotatable bonds is 13. The number of benzene rings is 1. The smallest absolute Gasteiger partial charge is 0.320 e. The first kappa shape index (κ1) is 23.3. The minimum Gasteiger partial charge on any atom is -0.481 e. The third-order valence-corrected chi connectivity index (χ3v) is 4.89. The normalized spacial score (nSPS) is 11.1. The number of hydrogen-bond donors (Lipinski definition) is 3. The van der Waals surface area contributed by atoms with Crippen LogP contribution in [0.5, 0.6) is 12.0 Å². The van der Waals surface area contributed by atoms with Crippen LogP contribution in [0.4, 0.5) is 5.82 Å². The van der Waals surface area contributed by atoms with Crippen molar-refractivity contribution in [2.75, 3.05) is 26.0 Å². The fourth-order valence-electron chi connectivity index (χ4n) is 3.33. The number of nitrogens with two attached hydrogens (primary N) is 1. The van der Waals surface area contributed by atoms with Crippen LogP contribution in [-0.2, 0) is 24.3 Å². The number of hydrogen-bond acceptors (Lipinski definition) is 8. The summed E-state index contributed by atoms with van der Waals surface area (Å²) >= 11 is 0. The summed E-state index contributed by atoms with van der Waals surface area (Å²) in [5.41, 5.74) is 8.99. The molecule has 10 heteroatoms. The van der Waals surface area contributed by atoms with E-state index in [1.54, 1.807) is 7.11 Å². The lowest BCUT2D eigenvalue weighted by Gasteiger charge is -2.10. The Balaban J connectivity index is 1.61. The van der Waals surface area contributed by atoms with E-state index in [-0.39, 0.29) is 18.2 Å². The van der Waals surface area contributed by atoms with Gasteiger partial charge in [-0.25, -0.2) is 0 Å². The summed E-state index contributed by atoms with van der Waals surface area (Å²) in [6.07, 6.45) is 2.75. The van der Waals surface area contributed by atoms with Gasteiger partial charge in [-0.15, -0.1) is 0 Å². The average molecular weight is 443 g/mol. The van der Waals surface area contributed by atoms with Gasteiger partial charge < -0.3 is 25.6 Å². The van der Waals surface area contributed by atoms with Crippen molar-refractivity contribution in [2.24, 2.45) is 0 Å². The first-order chi connectivity index (χ1) is 15.5. The SMILES string of the molecule is CCCCOc1nc(N)c2nc(OC)n(CCCNCc3cccc(CC(=O)O)c3)c2n1. The minimum absolute atomic E-state index is 0.0243. The van der Waals surface area contributed by atoms with Gasteiger partial charge in [0.25, 0.3) is 6.01 Å². The summed E-state index contributed by atoms with van der Waals surface area (Å²) in [6.45, 7) is 4.63. The van der Waals surface area contributed by atoms with E-state index < -0.39 is 5.97 Å². The van der Waals surface area contributed by atoms with Crippen molar-refractivity contribution < 1.29 is 19.4 Å². The molecular weight excluding hydrogens is 412 g/mol. The first-order valence-corrected chi connectivity index (χ1v) is 10.7. The highest BCUT2D eigenvalue weighted by Crippen LogP contribution is 2.25. The molecule has 4 N–H and O–H groups in total. The number of ether oxygens (including phenoxy) is 2. The number of fused-ring (bicyclic) bond motifs is 1. The Labute approximate surface area is 186 Å². The van der Waals surface area contributed by atoms with Gasteiger partial charge in [0, 0.05) is 13.1 Å². The Morgan fingerprint density at radius 3 is 2.78 bits per heavy atom. The molecule has 172 valence electrons. The van der Waals surface area contributed by atoms with Gasteiger partial charge in [0.2, 0.25) is 0 Å². The van der Waals surface area contributed by atoms with Crippen molar-refractivity contribution in [3.8, 4) is 12.0 Å². The van der Waals surface area contributed by atoms with Gasteiger partial charge in [-0.3, -0.25) is 9.36 Å². The molecule has 3 rings (SSSR count). The molecule has 0 spiro atoms. The van der Waals surface area contributed by atoms with E-state index in [9.17, 15) is 4.79 Å². The predicted molar refractivity (Wildman–Crippen MR) is 121 cm³/mol. The second kappa shape index (κ2) is 11.3. The molecule has 10 nitrogen and oxygen atoms in total. The van der Waals surface area contributed by atoms with Crippen LogP contribution >= 0.6 is 0 Å². The van der Waals surface area contributed by atoms with E-state index in [1.807, 2.05) is 28.8 Å². The van der Waals surface area contributed by atoms with Crippen LogP contribution in [0.1, 0.15) is 37.3 Å². The third kappa shape index (κ3) is 6.07. The van der Waals surface area contributed by atoms with Crippen LogP contribution in [-0.4, -0.2) is 50.9 Å². The standard InChI is InChI=1S/C22H30N6O4/c1-3-4-11-32-21-26-19(23)18-20(27-21)28(22(25-18)31-2)10-6-9-24-14-16-8-5-7-15(12-16)13-17(29)30/h5,7-8,12,24H,3-4,6,9-11,13-14H2,1-2H3,(H,29,30)(H2,23,26,27). The predicted octanol–water partition coefficient (Wildman–Crippen LogP) is 2.40. The molecule has 3 aromatic rings. The Hall–Kier alpha value is -3.40. The van der Waals surface area contributed by atoms with Crippen LogP contribution in [0.2, 0.25) is 0 Å². The van der Waals surface area contributed by atoms with Crippen LogP contribution in [0.15, 0.2) is 24.3 Å². The number of anilines is 1. The fourth-order valence-corrected chi connectivity index (χ4v) is 3.33. The molecular formula is C22H30N6O4. The highest BCUT2D eigenvalue weighted by Gasteiger charge is 2.17. The Morgan fingerprint density at radius 1 is 1.22 bits per heavy atom. The second-order valence-corrected chi connectivity index (χ2v) is 7.44. The van der Waals surface area contributed by atoms with Crippen LogP contribution < -0.4 is 20.5 Å². The highest BCUT2D eigenvalue weighted by molar-refractivity contribution is 5.83. The molecule has 2 aromatic heterocycles. The highest BCUT2D eigenvalue weighted by atomic mass is 16.5. The molecule has 0 aliphatic rings. The van der Waals surface area contributed by atoms with E-state index in [2.05, 4.69) is 27.2 Å². The molecule has 0 fully saturated rings. The number of nitrogen functional groups attached to an aromatic ring is 1. The van der Waals surface area contributed by atoms with Crippen molar-refractivity contribution >= 4 is 23.0 Å². The number of carbonyl (C=O) groups is 1. The van der Waals surface area contributed by atoms with E-state index in [0.717, 1.165) is 36.9 Å².